The molecule has 7 heteroatoms. The molecule has 0 aliphatic carbocycles. The SMILES string of the molecule is COC(=O)c1ccc([N+](=O)[O-])c(C(=O)N[C@H](C)c2ccccc2)c1. The van der Waals surface area contributed by atoms with Crippen molar-refractivity contribution in [3.63, 3.8) is 0 Å². The van der Waals surface area contributed by atoms with E-state index in [0.29, 0.717) is 0 Å². The first kappa shape index (κ1) is 17.1. The molecular formula is C17H16N2O5. The van der Waals surface area contributed by atoms with Crippen molar-refractivity contribution < 1.29 is 19.2 Å². The minimum Gasteiger partial charge on any atom is -0.465 e. The van der Waals surface area contributed by atoms with Gasteiger partial charge in [0, 0.05) is 6.07 Å². The number of esters is 1. The highest BCUT2D eigenvalue weighted by atomic mass is 16.6. The molecule has 0 unspecified atom stereocenters. The summed E-state index contributed by atoms with van der Waals surface area (Å²) in [6.45, 7) is 1.77. The number of rotatable bonds is 5. The molecule has 2 aromatic carbocycles. The largest absolute Gasteiger partial charge is 0.465 e. The summed E-state index contributed by atoms with van der Waals surface area (Å²) in [6, 6.07) is 12.4. The van der Waals surface area contributed by atoms with Crippen LogP contribution in [0.4, 0.5) is 5.69 Å². The lowest BCUT2D eigenvalue weighted by molar-refractivity contribution is -0.385. The van der Waals surface area contributed by atoms with Gasteiger partial charge in [0.2, 0.25) is 0 Å². The molecule has 2 rings (SSSR count). The summed E-state index contributed by atoms with van der Waals surface area (Å²) >= 11 is 0. The van der Waals surface area contributed by atoms with Crippen LogP contribution < -0.4 is 5.32 Å². The van der Waals surface area contributed by atoms with E-state index >= 15 is 0 Å². The molecule has 2 aromatic rings. The first-order valence-corrected chi connectivity index (χ1v) is 7.16. The number of nitro benzene ring substituents is 1. The van der Waals surface area contributed by atoms with Crippen molar-refractivity contribution in [3.8, 4) is 0 Å². The highest BCUT2D eigenvalue weighted by Gasteiger charge is 2.23. The van der Waals surface area contributed by atoms with E-state index < -0.39 is 16.8 Å². The van der Waals surface area contributed by atoms with Crippen LogP contribution in [0, 0.1) is 10.1 Å². The lowest BCUT2D eigenvalue weighted by atomic mass is 10.1. The Morgan fingerprint density at radius 2 is 1.83 bits per heavy atom. The highest BCUT2D eigenvalue weighted by Crippen LogP contribution is 2.22. The Morgan fingerprint density at radius 3 is 2.42 bits per heavy atom. The van der Waals surface area contributed by atoms with Gasteiger partial charge in [0.25, 0.3) is 11.6 Å². The van der Waals surface area contributed by atoms with Crippen LogP contribution in [0.15, 0.2) is 48.5 Å². The number of hydrogen-bond acceptors (Lipinski definition) is 5. The second-order valence-corrected chi connectivity index (χ2v) is 5.09. The Balaban J connectivity index is 2.32. The molecule has 0 aromatic heterocycles. The molecule has 124 valence electrons. The van der Waals surface area contributed by atoms with Crippen LogP contribution in [-0.4, -0.2) is 23.9 Å². The second kappa shape index (κ2) is 7.36. The van der Waals surface area contributed by atoms with Gasteiger partial charge in [0.1, 0.15) is 5.56 Å². The summed E-state index contributed by atoms with van der Waals surface area (Å²) in [5.74, 6) is -1.31. The third-order valence-electron chi connectivity index (χ3n) is 3.51. The topological polar surface area (TPSA) is 98.5 Å². The lowest BCUT2D eigenvalue weighted by Crippen LogP contribution is -2.27. The van der Waals surface area contributed by atoms with Crippen molar-refractivity contribution in [1.29, 1.82) is 0 Å². The van der Waals surface area contributed by atoms with Gasteiger partial charge in [-0.25, -0.2) is 4.79 Å². The van der Waals surface area contributed by atoms with Crippen LogP contribution >= 0.6 is 0 Å². The van der Waals surface area contributed by atoms with E-state index in [1.54, 1.807) is 6.92 Å². The molecule has 0 saturated carbocycles. The predicted octanol–water partition coefficient (Wildman–Crippen LogP) is 2.87. The number of carbonyl (C=O) groups is 2. The number of ether oxygens (including phenoxy) is 1. The van der Waals surface area contributed by atoms with Gasteiger partial charge >= 0.3 is 5.97 Å². The van der Waals surface area contributed by atoms with Crippen LogP contribution in [0.5, 0.6) is 0 Å². The van der Waals surface area contributed by atoms with E-state index in [1.165, 1.54) is 13.2 Å². The summed E-state index contributed by atoms with van der Waals surface area (Å²) in [4.78, 5) is 34.5. The normalized spacial score (nSPS) is 11.4. The minimum absolute atomic E-state index is 0.0700. The molecule has 24 heavy (non-hydrogen) atoms. The molecule has 0 radical (unpaired) electrons. The minimum atomic E-state index is -0.671. The molecule has 0 aliphatic rings. The van der Waals surface area contributed by atoms with Gasteiger partial charge < -0.3 is 10.1 Å². The van der Waals surface area contributed by atoms with Gasteiger partial charge in [0.05, 0.1) is 23.6 Å². The number of hydrogen-bond donors (Lipinski definition) is 1. The molecule has 1 amide bonds. The Labute approximate surface area is 138 Å². The zero-order valence-electron chi connectivity index (χ0n) is 13.2. The van der Waals surface area contributed by atoms with Crippen LogP contribution in [0.3, 0.4) is 0 Å². The standard InChI is InChI=1S/C17H16N2O5/c1-11(12-6-4-3-5-7-12)18-16(20)14-10-13(17(21)24-2)8-9-15(14)19(22)23/h3-11H,1-2H3,(H,18,20)/t11-/m1/s1. The third-order valence-corrected chi connectivity index (χ3v) is 3.51. The fraction of sp³-hybridized carbons (Fsp3) is 0.176. The predicted molar refractivity (Wildman–Crippen MR) is 86.8 cm³/mol. The lowest BCUT2D eigenvalue weighted by Gasteiger charge is -2.14. The fourth-order valence-electron chi connectivity index (χ4n) is 2.22. The zero-order valence-corrected chi connectivity index (χ0v) is 13.2. The van der Waals surface area contributed by atoms with Gasteiger partial charge in [-0.3, -0.25) is 14.9 Å². The number of carbonyl (C=O) groups excluding carboxylic acids is 2. The van der Waals surface area contributed by atoms with Crippen molar-refractivity contribution in [1.82, 2.24) is 5.32 Å². The van der Waals surface area contributed by atoms with Gasteiger partial charge in [-0.05, 0) is 24.6 Å². The van der Waals surface area contributed by atoms with Crippen LogP contribution in [0.25, 0.3) is 0 Å². The Kier molecular flexibility index (Phi) is 5.26. The maximum absolute atomic E-state index is 12.4. The molecule has 0 saturated heterocycles. The summed E-state index contributed by atoms with van der Waals surface area (Å²) < 4.78 is 4.58. The van der Waals surface area contributed by atoms with Gasteiger partial charge in [-0.2, -0.15) is 0 Å². The molecule has 7 nitrogen and oxygen atoms in total. The van der Waals surface area contributed by atoms with Crippen LogP contribution in [-0.2, 0) is 4.74 Å². The molecule has 1 N–H and O–H groups in total. The monoisotopic (exact) mass is 328 g/mol. The number of amides is 1. The number of methoxy groups -OCH3 is 1. The van der Waals surface area contributed by atoms with Crippen molar-refractivity contribution in [3.05, 3.63) is 75.3 Å². The Bertz CT molecular complexity index is 774. The maximum Gasteiger partial charge on any atom is 0.337 e. The first-order valence-electron chi connectivity index (χ1n) is 7.16. The van der Waals surface area contributed by atoms with Crippen molar-refractivity contribution in [2.75, 3.05) is 7.11 Å². The molecule has 0 spiro atoms. The summed E-state index contributed by atoms with van der Waals surface area (Å²) in [5.41, 5.74) is 0.365. The average molecular weight is 328 g/mol. The van der Waals surface area contributed by atoms with Gasteiger partial charge in [0.15, 0.2) is 0 Å². The number of nitro groups is 1. The fourth-order valence-corrected chi connectivity index (χ4v) is 2.22. The second-order valence-electron chi connectivity index (χ2n) is 5.09. The van der Waals surface area contributed by atoms with Crippen LogP contribution in [0.2, 0.25) is 0 Å². The van der Waals surface area contributed by atoms with E-state index in [-0.39, 0.29) is 22.9 Å². The first-order chi connectivity index (χ1) is 11.4. The van der Waals surface area contributed by atoms with Crippen molar-refractivity contribution >= 4 is 17.6 Å². The van der Waals surface area contributed by atoms with E-state index in [2.05, 4.69) is 10.1 Å². The van der Waals surface area contributed by atoms with E-state index in [9.17, 15) is 19.7 Å². The summed E-state index contributed by atoms with van der Waals surface area (Å²) in [5, 5.41) is 13.8. The smallest absolute Gasteiger partial charge is 0.337 e. The Morgan fingerprint density at radius 1 is 1.17 bits per heavy atom. The number of benzene rings is 2. The molecule has 0 fully saturated rings. The molecule has 0 bridgehead atoms. The number of nitrogens with zero attached hydrogens (tertiary/aromatic N) is 1. The Hall–Kier alpha value is -3.22. The molecule has 0 heterocycles. The molecule has 1 atom stereocenters. The number of nitrogens with one attached hydrogen (secondary N) is 1. The quantitative estimate of drug-likeness (QED) is 0.517. The van der Waals surface area contributed by atoms with E-state index in [4.69, 9.17) is 0 Å². The van der Waals surface area contributed by atoms with Crippen LogP contribution in [0.1, 0.15) is 39.2 Å². The summed E-state index contributed by atoms with van der Waals surface area (Å²) in [6.07, 6.45) is 0. The van der Waals surface area contributed by atoms with E-state index in [0.717, 1.165) is 17.7 Å². The maximum atomic E-state index is 12.4. The average Bonchev–Trinajstić information content (AvgIpc) is 2.61. The van der Waals surface area contributed by atoms with E-state index in [1.807, 2.05) is 30.3 Å². The van der Waals surface area contributed by atoms with Crippen molar-refractivity contribution in [2.45, 2.75) is 13.0 Å². The zero-order chi connectivity index (χ0) is 17.7. The molecule has 0 aliphatic heterocycles. The van der Waals surface area contributed by atoms with Gasteiger partial charge in [-0.1, -0.05) is 30.3 Å². The van der Waals surface area contributed by atoms with Gasteiger partial charge in [-0.15, -0.1) is 0 Å². The third kappa shape index (κ3) is 3.75. The van der Waals surface area contributed by atoms with Crippen molar-refractivity contribution in [2.24, 2.45) is 0 Å². The highest BCUT2D eigenvalue weighted by molar-refractivity contribution is 6.01. The molecular weight excluding hydrogens is 312 g/mol. The summed E-state index contributed by atoms with van der Waals surface area (Å²) in [7, 11) is 1.20.